The van der Waals surface area contributed by atoms with Crippen LogP contribution in [0.3, 0.4) is 0 Å². The molecule has 0 bridgehead atoms. The van der Waals surface area contributed by atoms with Crippen molar-refractivity contribution in [2.75, 3.05) is 0 Å². The number of nitrogens with zero attached hydrogens (tertiary/aromatic N) is 6. The molecule has 0 unspecified atom stereocenters. The zero-order chi connectivity index (χ0) is 20.5. The molecule has 29 heavy (non-hydrogen) atoms. The number of rotatable bonds is 6. The van der Waals surface area contributed by atoms with Crippen LogP contribution in [0.5, 0.6) is 0 Å². The monoisotopic (exact) mass is 393 g/mol. The second-order valence-electron chi connectivity index (χ2n) is 7.41. The standard InChI is InChI=1S/C20H23N7O2/c1-13-8-16-6-4-5-7-17(16)27-19(13)24-25(20(27)29)10-14(2)23-18(28)9-15(3)26-12-21-11-22-26/h4-8,11-12,14-15H,9-10H2,1-3H3,(H,23,28)/t14-,15+/m1/s1. The Morgan fingerprint density at radius 2 is 2.03 bits per heavy atom. The second-order valence-corrected chi connectivity index (χ2v) is 7.41. The van der Waals surface area contributed by atoms with E-state index in [4.69, 9.17) is 0 Å². The minimum atomic E-state index is -0.250. The summed E-state index contributed by atoms with van der Waals surface area (Å²) in [6.07, 6.45) is 3.31. The molecule has 0 saturated heterocycles. The lowest BCUT2D eigenvalue weighted by Gasteiger charge is -2.16. The van der Waals surface area contributed by atoms with E-state index in [0.717, 1.165) is 16.5 Å². The van der Waals surface area contributed by atoms with E-state index in [2.05, 4.69) is 20.5 Å². The van der Waals surface area contributed by atoms with Crippen LogP contribution < -0.4 is 11.0 Å². The summed E-state index contributed by atoms with van der Waals surface area (Å²) in [7, 11) is 0. The summed E-state index contributed by atoms with van der Waals surface area (Å²) in [5.74, 6) is -0.112. The number of carbonyl (C=O) groups is 1. The van der Waals surface area contributed by atoms with Crippen LogP contribution in [0.2, 0.25) is 0 Å². The van der Waals surface area contributed by atoms with Crippen molar-refractivity contribution in [3.63, 3.8) is 0 Å². The fraction of sp³-hybridized carbons (Fsp3) is 0.350. The van der Waals surface area contributed by atoms with Gasteiger partial charge in [0.2, 0.25) is 5.91 Å². The molecule has 0 aliphatic heterocycles. The number of aromatic nitrogens is 6. The fourth-order valence-electron chi connectivity index (χ4n) is 3.56. The molecule has 1 N–H and O–H groups in total. The zero-order valence-electron chi connectivity index (χ0n) is 16.6. The summed E-state index contributed by atoms with van der Waals surface area (Å²) in [4.78, 5) is 29.2. The average molecular weight is 393 g/mol. The third-order valence-corrected chi connectivity index (χ3v) is 4.96. The van der Waals surface area contributed by atoms with E-state index >= 15 is 0 Å². The molecule has 1 aromatic carbocycles. The molecular weight excluding hydrogens is 370 g/mol. The molecule has 4 aromatic rings. The first kappa shape index (κ1) is 18.9. The number of pyridine rings is 1. The number of hydrogen-bond donors (Lipinski definition) is 1. The molecule has 3 aromatic heterocycles. The Morgan fingerprint density at radius 1 is 1.24 bits per heavy atom. The van der Waals surface area contributed by atoms with Gasteiger partial charge in [-0.3, -0.25) is 4.79 Å². The maximum atomic E-state index is 13.0. The first-order chi connectivity index (χ1) is 13.9. The summed E-state index contributed by atoms with van der Waals surface area (Å²) in [5.41, 5.74) is 2.17. The van der Waals surface area contributed by atoms with Gasteiger partial charge in [-0.1, -0.05) is 18.2 Å². The van der Waals surface area contributed by atoms with Gasteiger partial charge in [-0.15, -0.1) is 5.10 Å². The highest BCUT2D eigenvalue weighted by molar-refractivity contribution is 5.83. The van der Waals surface area contributed by atoms with E-state index in [1.807, 2.05) is 51.1 Å². The maximum absolute atomic E-state index is 13.0. The minimum absolute atomic E-state index is 0.100. The lowest BCUT2D eigenvalue weighted by molar-refractivity contribution is -0.122. The SMILES string of the molecule is Cc1cc2ccccc2n2c(=O)n(C[C@@H](C)NC(=O)C[C@H](C)n3cncn3)nc12. The predicted octanol–water partition coefficient (Wildman–Crippen LogP) is 1.71. The van der Waals surface area contributed by atoms with Gasteiger partial charge < -0.3 is 5.32 Å². The molecule has 9 heteroatoms. The fourth-order valence-corrected chi connectivity index (χ4v) is 3.56. The number of nitrogens with one attached hydrogen (secondary N) is 1. The summed E-state index contributed by atoms with van der Waals surface area (Å²) in [6.45, 7) is 5.99. The highest BCUT2D eigenvalue weighted by Crippen LogP contribution is 2.18. The van der Waals surface area contributed by atoms with Crippen LogP contribution >= 0.6 is 0 Å². The van der Waals surface area contributed by atoms with Crippen molar-refractivity contribution in [1.82, 2.24) is 34.3 Å². The topological polar surface area (TPSA) is 99.1 Å². The van der Waals surface area contributed by atoms with E-state index < -0.39 is 0 Å². The summed E-state index contributed by atoms with van der Waals surface area (Å²) >= 11 is 0. The lowest BCUT2D eigenvalue weighted by Crippen LogP contribution is -2.39. The molecule has 3 heterocycles. The van der Waals surface area contributed by atoms with E-state index in [9.17, 15) is 9.59 Å². The van der Waals surface area contributed by atoms with Gasteiger partial charge in [-0.25, -0.2) is 23.5 Å². The maximum Gasteiger partial charge on any atom is 0.350 e. The van der Waals surface area contributed by atoms with Crippen molar-refractivity contribution < 1.29 is 4.79 Å². The smallest absolute Gasteiger partial charge is 0.350 e. The van der Waals surface area contributed by atoms with E-state index in [1.165, 1.54) is 11.0 Å². The van der Waals surface area contributed by atoms with Crippen LogP contribution in [0.1, 0.15) is 31.9 Å². The normalized spacial score (nSPS) is 13.6. The molecular formula is C20H23N7O2. The molecule has 0 saturated carbocycles. The molecule has 4 rings (SSSR count). The largest absolute Gasteiger partial charge is 0.352 e. The second kappa shape index (κ2) is 7.50. The minimum Gasteiger partial charge on any atom is -0.352 e. The summed E-state index contributed by atoms with van der Waals surface area (Å²) in [5, 5.41) is 12.5. The van der Waals surface area contributed by atoms with Gasteiger partial charge in [0.05, 0.1) is 18.1 Å². The van der Waals surface area contributed by atoms with E-state index in [0.29, 0.717) is 5.65 Å². The average Bonchev–Trinajstić information content (AvgIpc) is 3.31. The Bertz CT molecular complexity index is 1220. The molecule has 0 radical (unpaired) electrons. The van der Waals surface area contributed by atoms with Crippen LogP contribution in [0, 0.1) is 6.92 Å². The number of amides is 1. The van der Waals surface area contributed by atoms with Crippen molar-refractivity contribution in [3.05, 3.63) is 59.0 Å². The van der Waals surface area contributed by atoms with Crippen molar-refractivity contribution in [2.24, 2.45) is 0 Å². The van der Waals surface area contributed by atoms with Crippen molar-refractivity contribution in [2.45, 2.75) is 45.8 Å². The zero-order valence-corrected chi connectivity index (χ0v) is 16.6. The van der Waals surface area contributed by atoms with Crippen molar-refractivity contribution in [1.29, 1.82) is 0 Å². The Balaban J connectivity index is 1.52. The quantitative estimate of drug-likeness (QED) is 0.538. The van der Waals surface area contributed by atoms with E-state index in [-0.39, 0.29) is 36.6 Å². The van der Waals surface area contributed by atoms with Gasteiger partial charge in [0, 0.05) is 12.5 Å². The molecule has 9 nitrogen and oxygen atoms in total. The predicted molar refractivity (Wildman–Crippen MR) is 109 cm³/mol. The number of benzene rings is 1. The van der Waals surface area contributed by atoms with Gasteiger partial charge in [-0.2, -0.15) is 5.10 Å². The molecule has 150 valence electrons. The number of carbonyl (C=O) groups excluding carboxylic acids is 1. The van der Waals surface area contributed by atoms with Gasteiger partial charge in [-0.05, 0) is 43.9 Å². The number of hydrogen-bond acceptors (Lipinski definition) is 5. The molecule has 1 amide bonds. The van der Waals surface area contributed by atoms with Crippen LogP contribution in [0.15, 0.2) is 47.8 Å². The van der Waals surface area contributed by atoms with Gasteiger partial charge in [0.1, 0.15) is 12.7 Å². The lowest BCUT2D eigenvalue weighted by atomic mass is 10.1. The van der Waals surface area contributed by atoms with Crippen LogP contribution in [0.25, 0.3) is 16.6 Å². The summed E-state index contributed by atoms with van der Waals surface area (Å²) < 4.78 is 4.69. The molecule has 0 spiro atoms. The first-order valence-corrected chi connectivity index (χ1v) is 9.55. The highest BCUT2D eigenvalue weighted by Gasteiger charge is 2.17. The molecule has 0 fully saturated rings. The Hall–Kier alpha value is -3.49. The van der Waals surface area contributed by atoms with Crippen LogP contribution in [-0.2, 0) is 11.3 Å². The third kappa shape index (κ3) is 3.63. The molecule has 0 aliphatic rings. The van der Waals surface area contributed by atoms with Crippen LogP contribution in [0.4, 0.5) is 0 Å². The first-order valence-electron chi connectivity index (χ1n) is 9.55. The van der Waals surface area contributed by atoms with Gasteiger partial charge in [0.25, 0.3) is 0 Å². The molecule has 0 aliphatic carbocycles. The van der Waals surface area contributed by atoms with Gasteiger partial charge >= 0.3 is 5.69 Å². The number of fused-ring (bicyclic) bond motifs is 3. The van der Waals surface area contributed by atoms with Crippen molar-refractivity contribution in [3.8, 4) is 0 Å². The molecule has 2 atom stereocenters. The Labute approximate surface area is 167 Å². The van der Waals surface area contributed by atoms with Crippen molar-refractivity contribution >= 4 is 22.5 Å². The van der Waals surface area contributed by atoms with Crippen LogP contribution in [-0.4, -0.2) is 40.9 Å². The highest BCUT2D eigenvalue weighted by atomic mass is 16.2. The summed E-state index contributed by atoms with van der Waals surface area (Å²) in [6, 6.07) is 9.41. The van der Waals surface area contributed by atoms with E-state index in [1.54, 1.807) is 15.4 Å². The number of para-hydroxylation sites is 1. The Morgan fingerprint density at radius 3 is 2.79 bits per heavy atom. The Kier molecular flexibility index (Phi) is 4.87. The number of aryl methyl sites for hydroxylation is 1. The third-order valence-electron chi connectivity index (χ3n) is 4.96. The van der Waals surface area contributed by atoms with Gasteiger partial charge in [0.15, 0.2) is 5.65 Å².